The van der Waals surface area contributed by atoms with E-state index in [4.69, 9.17) is 9.47 Å². The zero-order chi connectivity index (χ0) is 31.4. The summed E-state index contributed by atoms with van der Waals surface area (Å²) in [7, 11) is 0. The van der Waals surface area contributed by atoms with Crippen molar-refractivity contribution in [2.75, 3.05) is 13.1 Å². The Bertz CT molecular complexity index is 1630. The number of hydrogen-bond acceptors (Lipinski definition) is 6. The molecule has 2 heterocycles. The van der Waals surface area contributed by atoms with Crippen molar-refractivity contribution in [3.63, 3.8) is 0 Å². The highest BCUT2D eigenvalue weighted by Gasteiger charge is 2.23. The van der Waals surface area contributed by atoms with Crippen LogP contribution in [0.2, 0.25) is 0 Å². The standard InChI is InChI=1S/C32H38BrN5O5/c1-31(2,3)42-29(40)34-16-7-17-37(30(41)43-32(4,5)6)18-21-8-10-22(11-9-21)25-19-38-20-26(35-28(38)36-27(25)39)23-12-14-24(33)15-13-23/h8-15,19-20H,7,16-18H2,1-6H3,(H,34,40)(H,35,36,39). The molecule has 0 unspecified atom stereocenters. The number of nitrogens with one attached hydrogen (secondary N) is 2. The fourth-order valence-electron chi connectivity index (χ4n) is 4.26. The largest absolute Gasteiger partial charge is 0.444 e. The first-order valence-corrected chi connectivity index (χ1v) is 14.9. The van der Waals surface area contributed by atoms with E-state index in [2.05, 4.69) is 31.2 Å². The SMILES string of the molecule is CC(C)(C)OC(=O)NCCCN(Cc1ccc(-c2cn3cc(-c4ccc(Br)cc4)nc3[nH]c2=O)cc1)C(=O)OC(C)(C)C. The van der Waals surface area contributed by atoms with Crippen molar-refractivity contribution in [3.05, 3.63) is 81.3 Å². The molecular weight excluding hydrogens is 614 g/mol. The summed E-state index contributed by atoms with van der Waals surface area (Å²) in [6, 6.07) is 15.3. The van der Waals surface area contributed by atoms with Crippen molar-refractivity contribution in [1.29, 1.82) is 0 Å². The molecule has 2 aromatic heterocycles. The molecule has 10 nitrogen and oxygen atoms in total. The Labute approximate surface area is 259 Å². The van der Waals surface area contributed by atoms with Gasteiger partial charge in [-0.25, -0.2) is 14.6 Å². The Morgan fingerprint density at radius 2 is 1.56 bits per heavy atom. The van der Waals surface area contributed by atoms with Gasteiger partial charge in [0, 0.05) is 42.1 Å². The van der Waals surface area contributed by atoms with E-state index >= 15 is 0 Å². The summed E-state index contributed by atoms with van der Waals surface area (Å²) in [6.45, 7) is 11.9. The molecule has 0 aliphatic carbocycles. The quantitative estimate of drug-likeness (QED) is 0.203. The van der Waals surface area contributed by atoms with Gasteiger partial charge < -0.3 is 19.7 Å². The highest BCUT2D eigenvalue weighted by Crippen LogP contribution is 2.23. The summed E-state index contributed by atoms with van der Waals surface area (Å²) in [5.74, 6) is 0.456. The van der Waals surface area contributed by atoms with Crippen molar-refractivity contribution in [3.8, 4) is 22.4 Å². The first kappa shape index (κ1) is 31.8. The van der Waals surface area contributed by atoms with Crippen LogP contribution in [0.15, 0.2) is 70.2 Å². The van der Waals surface area contributed by atoms with Crippen LogP contribution in [0.1, 0.15) is 53.5 Å². The minimum atomic E-state index is -0.655. The van der Waals surface area contributed by atoms with E-state index in [9.17, 15) is 14.4 Å². The van der Waals surface area contributed by atoms with Crippen molar-refractivity contribution in [2.24, 2.45) is 0 Å². The van der Waals surface area contributed by atoms with Crippen molar-refractivity contribution in [1.82, 2.24) is 24.6 Å². The third-order valence-corrected chi connectivity index (χ3v) is 6.70. The van der Waals surface area contributed by atoms with E-state index in [1.54, 1.807) is 36.3 Å². The maximum Gasteiger partial charge on any atom is 0.410 e. The number of carbonyl (C=O) groups excluding carboxylic acids is 2. The summed E-state index contributed by atoms with van der Waals surface area (Å²) in [5.41, 5.74) is 2.30. The van der Waals surface area contributed by atoms with E-state index in [-0.39, 0.29) is 5.56 Å². The van der Waals surface area contributed by atoms with Gasteiger partial charge in [0.1, 0.15) is 11.2 Å². The number of aromatic nitrogens is 3. The van der Waals surface area contributed by atoms with E-state index in [0.29, 0.717) is 37.4 Å². The number of fused-ring (bicyclic) bond motifs is 1. The van der Waals surface area contributed by atoms with E-state index in [0.717, 1.165) is 26.9 Å². The number of amides is 2. The number of alkyl carbamates (subject to hydrolysis) is 1. The predicted octanol–water partition coefficient (Wildman–Crippen LogP) is 6.77. The Morgan fingerprint density at radius 3 is 2.19 bits per heavy atom. The Hall–Kier alpha value is -4.12. The number of hydrogen-bond donors (Lipinski definition) is 2. The Kier molecular flexibility index (Phi) is 9.64. The summed E-state index contributed by atoms with van der Waals surface area (Å²) in [6.07, 6.45) is 3.21. The summed E-state index contributed by atoms with van der Waals surface area (Å²) < 4.78 is 13.7. The molecule has 2 amide bonds. The highest BCUT2D eigenvalue weighted by molar-refractivity contribution is 9.10. The fraction of sp³-hybridized carbons (Fsp3) is 0.375. The average Bonchev–Trinajstić information content (AvgIpc) is 3.31. The van der Waals surface area contributed by atoms with Crippen LogP contribution in [0.3, 0.4) is 0 Å². The van der Waals surface area contributed by atoms with E-state index < -0.39 is 23.4 Å². The fourth-order valence-corrected chi connectivity index (χ4v) is 4.53. The van der Waals surface area contributed by atoms with Gasteiger partial charge in [0.15, 0.2) is 0 Å². The summed E-state index contributed by atoms with van der Waals surface area (Å²) in [4.78, 5) is 47.0. The first-order chi connectivity index (χ1) is 20.2. The maximum absolute atomic E-state index is 13.0. The monoisotopic (exact) mass is 651 g/mol. The zero-order valence-electron chi connectivity index (χ0n) is 25.4. The van der Waals surface area contributed by atoms with Gasteiger partial charge in [-0.1, -0.05) is 52.3 Å². The minimum Gasteiger partial charge on any atom is -0.444 e. The van der Waals surface area contributed by atoms with Gasteiger partial charge in [-0.05, 0) is 71.2 Å². The molecule has 4 aromatic rings. The molecule has 0 saturated carbocycles. The molecule has 4 rings (SSSR count). The predicted molar refractivity (Wildman–Crippen MR) is 170 cm³/mol. The number of carbonyl (C=O) groups is 2. The van der Waals surface area contributed by atoms with Crippen LogP contribution < -0.4 is 10.9 Å². The second kappa shape index (κ2) is 13.0. The smallest absolute Gasteiger partial charge is 0.410 e. The van der Waals surface area contributed by atoms with E-state index in [1.807, 2.05) is 75.5 Å². The molecule has 11 heteroatoms. The molecule has 0 spiro atoms. The minimum absolute atomic E-state index is 0.249. The molecule has 228 valence electrons. The molecule has 0 bridgehead atoms. The van der Waals surface area contributed by atoms with E-state index in [1.165, 1.54) is 0 Å². The summed E-state index contributed by atoms with van der Waals surface area (Å²) >= 11 is 3.44. The van der Waals surface area contributed by atoms with Gasteiger partial charge in [0.2, 0.25) is 5.78 Å². The Morgan fingerprint density at radius 1 is 0.930 bits per heavy atom. The molecule has 2 N–H and O–H groups in total. The molecular formula is C32H38BrN5O5. The second-order valence-electron chi connectivity index (χ2n) is 12.2. The number of aromatic amines is 1. The third-order valence-electron chi connectivity index (χ3n) is 6.17. The lowest BCUT2D eigenvalue weighted by Gasteiger charge is -2.27. The number of benzene rings is 2. The van der Waals surface area contributed by atoms with Crippen LogP contribution in [0.4, 0.5) is 9.59 Å². The Balaban J connectivity index is 1.47. The second-order valence-corrected chi connectivity index (χ2v) is 13.2. The molecule has 2 aromatic carbocycles. The average molecular weight is 653 g/mol. The molecule has 0 fully saturated rings. The lowest BCUT2D eigenvalue weighted by Crippen LogP contribution is -2.38. The summed E-state index contributed by atoms with van der Waals surface area (Å²) in [5, 5.41) is 2.72. The van der Waals surface area contributed by atoms with Crippen LogP contribution >= 0.6 is 15.9 Å². The molecule has 0 aliphatic rings. The number of H-pyrrole nitrogens is 1. The highest BCUT2D eigenvalue weighted by atomic mass is 79.9. The van der Waals surface area contributed by atoms with Gasteiger partial charge in [-0.3, -0.25) is 14.2 Å². The van der Waals surface area contributed by atoms with Gasteiger partial charge in [-0.15, -0.1) is 0 Å². The van der Waals surface area contributed by atoms with Gasteiger partial charge in [0.25, 0.3) is 5.56 Å². The van der Waals surface area contributed by atoms with Crippen LogP contribution in [0.25, 0.3) is 28.2 Å². The van der Waals surface area contributed by atoms with Crippen molar-refractivity contribution in [2.45, 2.75) is 65.7 Å². The molecule has 0 saturated heterocycles. The number of imidazole rings is 1. The van der Waals surface area contributed by atoms with Gasteiger partial charge in [-0.2, -0.15) is 0 Å². The zero-order valence-corrected chi connectivity index (χ0v) is 26.9. The lowest BCUT2D eigenvalue weighted by molar-refractivity contribution is 0.0231. The van der Waals surface area contributed by atoms with Crippen molar-refractivity contribution < 1.29 is 19.1 Å². The lowest BCUT2D eigenvalue weighted by atomic mass is 10.1. The maximum atomic E-state index is 13.0. The first-order valence-electron chi connectivity index (χ1n) is 14.1. The van der Waals surface area contributed by atoms with Crippen LogP contribution in [0, 0.1) is 0 Å². The molecule has 0 atom stereocenters. The molecule has 0 aliphatic heterocycles. The number of rotatable bonds is 8. The molecule has 0 radical (unpaired) electrons. The number of ether oxygens (including phenoxy) is 2. The van der Waals surface area contributed by atoms with Crippen LogP contribution in [0.5, 0.6) is 0 Å². The van der Waals surface area contributed by atoms with Crippen molar-refractivity contribution >= 4 is 33.9 Å². The van der Waals surface area contributed by atoms with Gasteiger partial charge >= 0.3 is 12.2 Å². The topological polar surface area (TPSA) is 118 Å². The normalized spacial score (nSPS) is 11.8. The molecule has 43 heavy (non-hydrogen) atoms. The van der Waals surface area contributed by atoms with Crippen LogP contribution in [-0.2, 0) is 16.0 Å². The third kappa shape index (κ3) is 9.18. The van der Waals surface area contributed by atoms with Crippen LogP contribution in [-0.4, -0.2) is 55.7 Å². The number of nitrogens with zero attached hydrogens (tertiary/aromatic N) is 3. The van der Waals surface area contributed by atoms with Gasteiger partial charge in [0.05, 0.1) is 11.3 Å². The number of halogens is 1.